The van der Waals surface area contributed by atoms with Crippen LogP contribution in [0.4, 0.5) is 4.39 Å². The van der Waals surface area contributed by atoms with Gasteiger partial charge in [0.05, 0.1) is 18.2 Å². The van der Waals surface area contributed by atoms with Crippen LogP contribution in [0.2, 0.25) is 0 Å². The van der Waals surface area contributed by atoms with E-state index in [1.807, 2.05) is 5.38 Å². The minimum Gasteiger partial charge on any atom is -0.379 e. The SMILES string of the molecule is CC(F)(Cc1nccs1)CC1COCCN1. The van der Waals surface area contributed by atoms with E-state index in [0.717, 1.165) is 18.2 Å². The normalized spacial score (nSPS) is 25.2. The number of aromatic nitrogens is 1. The second-order valence-electron chi connectivity index (χ2n) is 4.45. The minimum atomic E-state index is -1.21. The van der Waals surface area contributed by atoms with Crippen molar-refractivity contribution in [2.75, 3.05) is 19.8 Å². The fourth-order valence-corrected chi connectivity index (χ4v) is 2.78. The smallest absolute Gasteiger partial charge is 0.116 e. The van der Waals surface area contributed by atoms with Crippen LogP contribution in [0.3, 0.4) is 0 Å². The molecule has 0 aromatic carbocycles. The maximum absolute atomic E-state index is 14.3. The summed E-state index contributed by atoms with van der Waals surface area (Å²) in [6.07, 6.45) is 2.59. The lowest BCUT2D eigenvalue weighted by molar-refractivity contribution is 0.0483. The highest BCUT2D eigenvalue weighted by molar-refractivity contribution is 7.09. The van der Waals surface area contributed by atoms with Crippen LogP contribution in [0.1, 0.15) is 18.4 Å². The van der Waals surface area contributed by atoms with Gasteiger partial charge in [-0.2, -0.15) is 0 Å². The summed E-state index contributed by atoms with van der Waals surface area (Å²) in [4.78, 5) is 4.12. The van der Waals surface area contributed by atoms with Crippen LogP contribution in [0.5, 0.6) is 0 Å². The van der Waals surface area contributed by atoms with Crippen LogP contribution in [0.15, 0.2) is 11.6 Å². The first-order chi connectivity index (χ1) is 7.66. The van der Waals surface area contributed by atoms with Crippen LogP contribution >= 0.6 is 11.3 Å². The molecule has 1 saturated heterocycles. The van der Waals surface area contributed by atoms with E-state index in [1.54, 1.807) is 13.1 Å². The zero-order valence-corrected chi connectivity index (χ0v) is 10.2. The summed E-state index contributed by atoms with van der Waals surface area (Å²) in [6, 6.07) is 0.128. The van der Waals surface area contributed by atoms with Crippen LogP contribution in [0.25, 0.3) is 0 Å². The molecule has 5 heteroatoms. The third kappa shape index (κ3) is 3.50. The van der Waals surface area contributed by atoms with Gasteiger partial charge in [0.1, 0.15) is 5.67 Å². The van der Waals surface area contributed by atoms with E-state index in [-0.39, 0.29) is 6.04 Å². The number of thiazole rings is 1. The third-order valence-electron chi connectivity index (χ3n) is 2.67. The molecular weight excluding hydrogens is 227 g/mol. The maximum atomic E-state index is 14.3. The van der Waals surface area contributed by atoms with E-state index < -0.39 is 5.67 Å². The Morgan fingerprint density at radius 2 is 2.62 bits per heavy atom. The van der Waals surface area contributed by atoms with E-state index in [0.29, 0.717) is 19.4 Å². The van der Waals surface area contributed by atoms with Gasteiger partial charge in [-0.15, -0.1) is 11.3 Å². The van der Waals surface area contributed by atoms with Gasteiger partial charge in [-0.1, -0.05) is 0 Å². The summed E-state index contributed by atoms with van der Waals surface area (Å²) >= 11 is 1.51. The molecule has 1 N–H and O–H groups in total. The van der Waals surface area contributed by atoms with E-state index >= 15 is 0 Å². The van der Waals surface area contributed by atoms with Gasteiger partial charge in [-0.3, -0.25) is 0 Å². The first-order valence-electron chi connectivity index (χ1n) is 5.54. The Labute approximate surface area is 99.0 Å². The quantitative estimate of drug-likeness (QED) is 0.877. The first-order valence-corrected chi connectivity index (χ1v) is 6.42. The molecule has 0 aliphatic carbocycles. The van der Waals surface area contributed by atoms with Gasteiger partial charge in [0, 0.05) is 30.6 Å². The second kappa shape index (κ2) is 5.21. The Balaban J connectivity index is 1.86. The van der Waals surface area contributed by atoms with Gasteiger partial charge >= 0.3 is 0 Å². The summed E-state index contributed by atoms with van der Waals surface area (Å²) in [5.74, 6) is 0. The Hall–Kier alpha value is -0.520. The summed E-state index contributed by atoms with van der Waals surface area (Å²) in [5, 5.41) is 6.02. The summed E-state index contributed by atoms with van der Waals surface area (Å²) < 4.78 is 19.6. The number of hydrogen-bond donors (Lipinski definition) is 1. The van der Waals surface area contributed by atoms with Gasteiger partial charge < -0.3 is 10.1 Å². The van der Waals surface area contributed by atoms with E-state index in [1.165, 1.54) is 11.3 Å². The highest BCUT2D eigenvalue weighted by Gasteiger charge is 2.29. The average Bonchev–Trinajstić information content (AvgIpc) is 2.70. The van der Waals surface area contributed by atoms with Crippen molar-refractivity contribution in [3.63, 3.8) is 0 Å². The van der Waals surface area contributed by atoms with Gasteiger partial charge in [0.25, 0.3) is 0 Å². The second-order valence-corrected chi connectivity index (χ2v) is 5.43. The summed E-state index contributed by atoms with van der Waals surface area (Å²) in [7, 11) is 0. The van der Waals surface area contributed by atoms with Crippen molar-refractivity contribution >= 4 is 11.3 Å². The molecule has 0 saturated carbocycles. The zero-order chi connectivity index (χ0) is 11.4. The molecule has 1 aromatic heterocycles. The molecule has 2 rings (SSSR count). The number of morpholine rings is 1. The van der Waals surface area contributed by atoms with Gasteiger partial charge in [0.2, 0.25) is 0 Å². The number of halogens is 1. The number of ether oxygens (including phenoxy) is 1. The molecule has 0 bridgehead atoms. The molecule has 2 atom stereocenters. The molecule has 0 spiro atoms. The number of alkyl halides is 1. The number of rotatable bonds is 4. The van der Waals surface area contributed by atoms with E-state index in [9.17, 15) is 4.39 Å². The van der Waals surface area contributed by atoms with Crippen LogP contribution in [-0.4, -0.2) is 36.5 Å². The van der Waals surface area contributed by atoms with Crippen molar-refractivity contribution in [1.29, 1.82) is 0 Å². The molecule has 3 nitrogen and oxygen atoms in total. The van der Waals surface area contributed by atoms with Gasteiger partial charge in [-0.25, -0.2) is 9.37 Å². The Bertz CT molecular complexity index is 310. The summed E-state index contributed by atoms with van der Waals surface area (Å²) in [5.41, 5.74) is -1.21. The first kappa shape index (κ1) is 12.0. The molecule has 2 heterocycles. The Kier molecular flexibility index (Phi) is 3.89. The van der Waals surface area contributed by atoms with Crippen molar-refractivity contribution in [1.82, 2.24) is 10.3 Å². The fourth-order valence-electron chi connectivity index (χ4n) is 1.99. The largest absolute Gasteiger partial charge is 0.379 e. The van der Waals surface area contributed by atoms with E-state index in [2.05, 4.69) is 10.3 Å². The zero-order valence-electron chi connectivity index (χ0n) is 9.41. The van der Waals surface area contributed by atoms with Crippen LogP contribution < -0.4 is 5.32 Å². The molecule has 1 fully saturated rings. The third-order valence-corrected chi connectivity index (χ3v) is 3.45. The molecule has 2 unspecified atom stereocenters. The standard InChI is InChI=1S/C11H17FN2OS/c1-11(12,7-10-14-3-5-16-10)6-9-8-15-4-2-13-9/h3,5,9,13H,2,4,6-8H2,1H3. The molecule has 16 heavy (non-hydrogen) atoms. The van der Waals surface area contributed by atoms with Crippen LogP contribution in [-0.2, 0) is 11.2 Å². The number of nitrogens with one attached hydrogen (secondary N) is 1. The van der Waals surface area contributed by atoms with Crippen molar-refractivity contribution in [3.8, 4) is 0 Å². The lowest BCUT2D eigenvalue weighted by atomic mass is 9.95. The molecule has 0 amide bonds. The predicted octanol–water partition coefficient (Wildman–Crippen LogP) is 1.79. The highest BCUT2D eigenvalue weighted by Crippen LogP contribution is 2.24. The Morgan fingerprint density at radius 3 is 3.25 bits per heavy atom. The van der Waals surface area contributed by atoms with Crippen molar-refractivity contribution < 1.29 is 9.13 Å². The highest BCUT2D eigenvalue weighted by atomic mass is 32.1. The van der Waals surface area contributed by atoms with Crippen molar-refractivity contribution in [3.05, 3.63) is 16.6 Å². The lowest BCUT2D eigenvalue weighted by Crippen LogP contribution is -2.45. The average molecular weight is 244 g/mol. The van der Waals surface area contributed by atoms with Gasteiger partial charge in [0.15, 0.2) is 0 Å². The molecule has 0 radical (unpaired) electrons. The topological polar surface area (TPSA) is 34.1 Å². The molecule has 1 aliphatic heterocycles. The Morgan fingerprint density at radius 1 is 1.75 bits per heavy atom. The maximum Gasteiger partial charge on any atom is 0.116 e. The monoisotopic (exact) mass is 244 g/mol. The summed E-state index contributed by atoms with van der Waals surface area (Å²) in [6.45, 7) is 3.80. The molecular formula is C11H17FN2OS. The number of hydrogen-bond acceptors (Lipinski definition) is 4. The fraction of sp³-hybridized carbons (Fsp3) is 0.727. The predicted molar refractivity (Wildman–Crippen MR) is 62.6 cm³/mol. The lowest BCUT2D eigenvalue weighted by Gasteiger charge is -2.29. The molecule has 90 valence electrons. The minimum absolute atomic E-state index is 0.128. The van der Waals surface area contributed by atoms with Crippen molar-refractivity contribution in [2.45, 2.75) is 31.5 Å². The van der Waals surface area contributed by atoms with Gasteiger partial charge in [-0.05, 0) is 13.3 Å². The molecule has 1 aliphatic rings. The van der Waals surface area contributed by atoms with Crippen LogP contribution in [0, 0.1) is 0 Å². The van der Waals surface area contributed by atoms with Crippen molar-refractivity contribution in [2.24, 2.45) is 0 Å². The molecule has 1 aromatic rings. The van der Waals surface area contributed by atoms with E-state index in [4.69, 9.17) is 4.74 Å². The number of nitrogens with zero attached hydrogens (tertiary/aromatic N) is 1.